The molecule has 3 aromatic rings. The van der Waals surface area contributed by atoms with Gasteiger partial charge in [-0.05, 0) is 32.0 Å². The van der Waals surface area contributed by atoms with E-state index in [4.69, 9.17) is 9.47 Å². The number of likely N-dealkylation sites (N-methyl/N-ethyl adjacent to an activating group) is 1. The van der Waals surface area contributed by atoms with E-state index in [9.17, 15) is 0 Å². The molecule has 124 valence electrons. The van der Waals surface area contributed by atoms with Gasteiger partial charge in [0, 0.05) is 18.9 Å². The number of aromatic nitrogens is 3. The van der Waals surface area contributed by atoms with Crippen LogP contribution < -0.4 is 14.4 Å². The van der Waals surface area contributed by atoms with Crippen LogP contribution in [0.5, 0.6) is 11.5 Å². The third-order valence-electron chi connectivity index (χ3n) is 4.16. The van der Waals surface area contributed by atoms with E-state index in [0.717, 1.165) is 35.1 Å². The van der Waals surface area contributed by atoms with Gasteiger partial charge in [0.05, 0.1) is 12.2 Å². The van der Waals surface area contributed by atoms with Gasteiger partial charge in [-0.15, -0.1) is 0 Å². The molecule has 0 amide bonds. The minimum absolute atomic E-state index is 0.0362. The van der Waals surface area contributed by atoms with Crippen LogP contribution in [0.3, 0.4) is 0 Å². The van der Waals surface area contributed by atoms with Gasteiger partial charge in [-0.1, -0.05) is 12.1 Å². The molecule has 0 spiro atoms. The van der Waals surface area contributed by atoms with Crippen molar-refractivity contribution in [3.8, 4) is 11.5 Å². The van der Waals surface area contributed by atoms with Crippen LogP contribution in [-0.2, 0) is 0 Å². The number of nitrogens with zero attached hydrogens (tertiary/aromatic N) is 4. The third-order valence-corrected chi connectivity index (χ3v) is 4.16. The Morgan fingerprint density at radius 3 is 2.96 bits per heavy atom. The molecule has 4 rings (SSSR count). The van der Waals surface area contributed by atoms with Crippen LogP contribution in [0.1, 0.15) is 12.6 Å². The van der Waals surface area contributed by atoms with E-state index in [1.165, 1.54) is 0 Å². The molecule has 0 N–H and O–H groups in total. The maximum atomic E-state index is 6.09. The fourth-order valence-corrected chi connectivity index (χ4v) is 3.04. The van der Waals surface area contributed by atoms with Gasteiger partial charge in [0.2, 0.25) is 0 Å². The molecule has 0 radical (unpaired) electrons. The largest absolute Gasteiger partial charge is 0.486 e. The number of benzene rings is 1. The number of ether oxygens (including phenoxy) is 2. The van der Waals surface area contributed by atoms with Crippen LogP contribution >= 0.6 is 0 Å². The van der Waals surface area contributed by atoms with Crippen LogP contribution in [0.2, 0.25) is 0 Å². The molecule has 1 unspecified atom stereocenters. The zero-order valence-electron chi connectivity index (χ0n) is 13.8. The summed E-state index contributed by atoms with van der Waals surface area (Å²) in [5.74, 6) is 2.53. The van der Waals surface area contributed by atoms with Crippen molar-refractivity contribution in [2.75, 3.05) is 24.6 Å². The molecule has 3 heterocycles. The summed E-state index contributed by atoms with van der Waals surface area (Å²) in [5, 5.41) is 4.46. The normalized spacial score (nSPS) is 16.3. The minimum atomic E-state index is -0.0362. The van der Waals surface area contributed by atoms with Crippen molar-refractivity contribution in [1.29, 1.82) is 0 Å². The van der Waals surface area contributed by atoms with Crippen molar-refractivity contribution in [2.24, 2.45) is 0 Å². The lowest BCUT2D eigenvalue weighted by molar-refractivity contribution is 0.0953. The Kier molecular flexibility index (Phi) is 3.72. The number of rotatable bonds is 4. The summed E-state index contributed by atoms with van der Waals surface area (Å²) in [6.07, 6.45) is 3.62. The molecule has 1 atom stereocenters. The summed E-state index contributed by atoms with van der Waals surface area (Å²) in [6.45, 7) is 6.18. The first-order valence-electron chi connectivity index (χ1n) is 8.19. The van der Waals surface area contributed by atoms with Crippen LogP contribution in [0.25, 0.3) is 5.52 Å². The molecule has 1 aliphatic heterocycles. The molecule has 0 saturated carbocycles. The molecule has 24 heavy (non-hydrogen) atoms. The van der Waals surface area contributed by atoms with E-state index in [2.05, 4.69) is 28.0 Å². The second-order valence-corrected chi connectivity index (χ2v) is 5.90. The number of aryl methyl sites for hydroxylation is 1. The Hall–Kier alpha value is -2.76. The zero-order valence-corrected chi connectivity index (χ0v) is 13.8. The van der Waals surface area contributed by atoms with E-state index >= 15 is 0 Å². The molecule has 0 fully saturated rings. The van der Waals surface area contributed by atoms with Crippen molar-refractivity contribution in [2.45, 2.75) is 20.0 Å². The topological polar surface area (TPSA) is 51.9 Å². The van der Waals surface area contributed by atoms with Crippen molar-refractivity contribution in [1.82, 2.24) is 14.6 Å². The summed E-state index contributed by atoms with van der Waals surface area (Å²) in [6, 6.07) is 9.84. The van der Waals surface area contributed by atoms with Crippen molar-refractivity contribution < 1.29 is 9.47 Å². The van der Waals surface area contributed by atoms with Gasteiger partial charge >= 0.3 is 0 Å². The average molecular weight is 324 g/mol. The molecule has 1 aliphatic rings. The first-order valence-corrected chi connectivity index (χ1v) is 8.19. The lowest BCUT2D eigenvalue weighted by atomic mass is 10.2. The molecule has 0 aliphatic carbocycles. The monoisotopic (exact) mass is 324 g/mol. The van der Waals surface area contributed by atoms with Crippen LogP contribution in [0.4, 0.5) is 5.82 Å². The molecule has 6 nitrogen and oxygen atoms in total. The van der Waals surface area contributed by atoms with E-state index in [1.54, 1.807) is 6.20 Å². The predicted octanol–water partition coefficient (Wildman–Crippen LogP) is 2.70. The fourth-order valence-electron chi connectivity index (χ4n) is 3.04. The van der Waals surface area contributed by atoms with Crippen LogP contribution in [-0.4, -0.2) is 40.4 Å². The zero-order chi connectivity index (χ0) is 16.5. The van der Waals surface area contributed by atoms with E-state index in [1.807, 2.05) is 41.9 Å². The standard InChI is InChI=1S/C18H20N4O2/c1-3-21(18-15-10-13(2)20-22(15)9-8-19-18)11-14-12-23-16-6-4-5-7-17(16)24-14/h4-10,14H,3,11-12H2,1-2H3. The maximum absolute atomic E-state index is 6.09. The molecule has 1 aromatic carbocycles. The fraction of sp³-hybridized carbons (Fsp3) is 0.333. The number of hydrogen-bond donors (Lipinski definition) is 0. The second kappa shape index (κ2) is 6.03. The molecule has 0 bridgehead atoms. The van der Waals surface area contributed by atoms with Gasteiger partial charge in [-0.2, -0.15) is 5.10 Å². The Morgan fingerprint density at radius 1 is 1.29 bits per heavy atom. The quantitative estimate of drug-likeness (QED) is 0.738. The highest BCUT2D eigenvalue weighted by Gasteiger charge is 2.24. The Balaban J connectivity index is 1.58. The number of fused-ring (bicyclic) bond motifs is 2. The summed E-state index contributed by atoms with van der Waals surface area (Å²) in [5.41, 5.74) is 1.99. The van der Waals surface area contributed by atoms with Gasteiger partial charge in [0.1, 0.15) is 12.1 Å². The van der Waals surface area contributed by atoms with Gasteiger partial charge < -0.3 is 14.4 Å². The van der Waals surface area contributed by atoms with Crippen molar-refractivity contribution in [3.63, 3.8) is 0 Å². The van der Waals surface area contributed by atoms with E-state index < -0.39 is 0 Å². The first kappa shape index (κ1) is 14.8. The number of para-hydroxylation sites is 2. The lowest BCUT2D eigenvalue weighted by Gasteiger charge is -2.31. The highest BCUT2D eigenvalue weighted by atomic mass is 16.6. The molecular formula is C18H20N4O2. The van der Waals surface area contributed by atoms with Crippen molar-refractivity contribution in [3.05, 3.63) is 48.4 Å². The first-order chi connectivity index (χ1) is 11.7. The third kappa shape index (κ3) is 2.64. The average Bonchev–Trinajstić information content (AvgIpc) is 3.00. The predicted molar refractivity (Wildman–Crippen MR) is 92.0 cm³/mol. The van der Waals surface area contributed by atoms with Crippen LogP contribution in [0.15, 0.2) is 42.7 Å². The second-order valence-electron chi connectivity index (χ2n) is 5.90. The summed E-state index contributed by atoms with van der Waals surface area (Å²) >= 11 is 0. The summed E-state index contributed by atoms with van der Waals surface area (Å²) in [7, 11) is 0. The minimum Gasteiger partial charge on any atom is -0.486 e. The van der Waals surface area contributed by atoms with Gasteiger partial charge in [-0.25, -0.2) is 9.50 Å². The smallest absolute Gasteiger partial charge is 0.161 e. The molecule has 2 aromatic heterocycles. The SMILES string of the molecule is CCN(CC1COc2ccccc2O1)c1nccn2nc(C)cc12. The van der Waals surface area contributed by atoms with Gasteiger partial charge in [0.25, 0.3) is 0 Å². The Labute approximate surface area is 140 Å². The Bertz CT molecular complexity index is 861. The van der Waals surface area contributed by atoms with Gasteiger partial charge in [-0.3, -0.25) is 0 Å². The summed E-state index contributed by atoms with van der Waals surface area (Å²) < 4.78 is 13.8. The number of hydrogen-bond acceptors (Lipinski definition) is 5. The molecule has 0 saturated heterocycles. The number of anilines is 1. The highest BCUT2D eigenvalue weighted by molar-refractivity contribution is 5.69. The van der Waals surface area contributed by atoms with Crippen LogP contribution in [0, 0.1) is 6.92 Å². The lowest BCUT2D eigenvalue weighted by Crippen LogP contribution is -2.41. The van der Waals surface area contributed by atoms with E-state index in [-0.39, 0.29) is 6.10 Å². The summed E-state index contributed by atoms with van der Waals surface area (Å²) in [4.78, 5) is 6.78. The van der Waals surface area contributed by atoms with E-state index in [0.29, 0.717) is 13.2 Å². The van der Waals surface area contributed by atoms with Gasteiger partial charge in [0.15, 0.2) is 23.4 Å². The molecule has 6 heteroatoms. The maximum Gasteiger partial charge on any atom is 0.161 e. The Morgan fingerprint density at radius 2 is 2.12 bits per heavy atom. The highest BCUT2D eigenvalue weighted by Crippen LogP contribution is 2.31. The molecular weight excluding hydrogens is 304 g/mol. The van der Waals surface area contributed by atoms with Crippen molar-refractivity contribution >= 4 is 11.3 Å².